The van der Waals surface area contributed by atoms with Crippen LogP contribution in [0.2, 0.25) is 21.1 Å². The van der Waals surface area contributed by atoms with Crippen molar-refractivity contribution in [2.45, 2.75) is 293 Å². The van der Waals surface area contributed by atoms with Crippen LogP contribution >= 0.6 is 0 Å². The average Bonchev–Trinajstić information content (AvgIpc) is 3.39. The summed E-state index contributed by atoms with van der Waals surface area (Å²) >= 11 is -1.42. The number of halogens is 17. The molecule has 19 heteroatoms. The Morgan fingerprint density at radius 1 is 0.333 bits per heavy atom. The molecule has 78 heavy (non-hydrogen) atoms. The van der Waals surface area contributed by atoms with Gasteiger partial charge in [0, 0.05) is 12.0 Å². The minimum atomic E-state index is -5.83. The van der Waals surface area contributed by atoms with Crippen LogP contribution in [-0.4, -0.2) is 37.5 Å². The molecular formula is C59H95AlF17N. The van der Waals surface area contributed by atoms with E-state index in [-0.39, 0.29) is 24.7 Å². The van der Waals surface area contributed by atoms with Gasteiger partial charge in [-0.25, -0.2) is 35.1 Å². The summed E-state index contributed by atoms with van der Waals surface area (Å²) in [4.78, 5) is 0. The molecule has 0 amide bonds. The lowest BCUT2D eigenvalue weighted by atomic mass is 9.92. The second-order valence-electron chi connectivity index (χ2n) is 21.8. The molecule has 2 aromatic rings. The molecule has 2 rings (SSSR count). The lowest BCUT2D eigenvalue weighted by Gasteiger charge is -2.37. The summed E-state index contributed by atoms with van der Waals surface area (Å²) in [6.45, 7) is 13.0. The molecule has 1 nitrogen and oxygen atoms in total. The summed E-state index contributed by atoms with van der Waals surface area (Å²) in [5.74, 6) is -31.2. The number of unbranched alkanes of at least 4 members (excludes halogenated alkanes) is 24. The first kappa shape index (κ1) is 75.7. The van der Waals surface area contributed by atoms with Crippen LogP contribution < -0.4 is 5.32 Å². The maximum atomic E-state index is 13.8. The van der Waals surface area contributed by atoms with Gasteiger partial charge in [0.1, 0.15) is 18.6 Å². The van der Waals surface area contributed by atoms with Crippen molar-refractivity contribution in [3.05, 3.63) is 57.7 Å². The molecule has 2 aromatic carbocycles. The lowest BCUT2D eigenvalue weighted by Crippen LogP contribution is -2.99. The first-order chi connectivity index (χ1) is 36.7. The Hall–Kier alpha value is -2.26. The summed E-state index contributed by atoms with van der Waals surface area (Å²) in [5.41, 5.74) is -8.45. The summed E-state index contributed by atoms with van der Waals surface area (Å²) in [6, 6.07) is -4.78. The highest BCUT2D eigenvalue weighted by atomic mass is 27.2. The van der Waals surface area contributed by atoms with Crippen LogP contribution in [0.5, 0.6) is 0 Å². The van der Waals surface area contributed by atoms with Gasteiger partial charge in [-0.15, -0.1) is 8.78 Å². The molecule has 0 fully saturated rings. The third-order valence-corrected chi connectivity index (χ3v) is 21.7. The Bertz CT molecular complexity index is 1810. The van der Waals surface area contributed by atoms with Crippen LogP contribution in [0.3, 0.4) is 0 Å². The summed E-state index contributed by atoms with van der Waals surface area (Å²) < 4.78 is 227. The molecule has 0 radical (unpaired) electrons. The van der Waals surface area contributed by atoms with Gasteiger partial charge in [-0.3, -0.25) is 5.32 Å². The number of benzene rings is 2. The maximum Gasteiger partial charge on any atom is 0.458 e. The lowest BCUT2D eigenvalue weighted by molar-refractivity contribution is -0.808. The van der Waals surface area contributed by atoms with Crippen LogP contribution in [0.15, 0.2) is 0 Å². The monoisotopic (exact) mass is 1170 g/mol. The standard InChI is InChI=1S/C14H3F11.C13H23F6N.4C8H17.Al/c1-2-3(4-7(16)11(20)13(22)12(21)8(4)17)5(14(23,24)25)9(18)10(19)6(2)15;1-3-5-7-8-9-11(14,15)12(16,17)13(18,19)20-10-6-4-2;4*1-3-5-7-8-6-4-2;/h1H3;20H,3-10H2,1-2H3;4*1,3-8H2,2H3;/q;;;;;;-1/p+1. The molecule has 0 unspecified atom stereocenters. The van der Waals surface area contributed by atoms with Gasteiger partial charge in [0.2, 0.25) is 5.82 Å². The molecule has 0 saturated heterocycles. The Kier molecular flexibility index (Phi) is 38.9. The number of nitrogens with two attached hydrogens (primary N) is 1. The molecule has 0 aliphatic rings. The Morgan fingerprint density at radius 2 is 0.628 bits per heavy atom. The van der Waals surface area contributed by atoms with Crippen molar-refractivity contribution in [3.8, 4) is 11.1 Å². The van der Waals surface area contributed by atoms with E-state index in [0.717, 1.165) is 6.42 Å². The van der Waals surface area contributed by atoms with Crippen LogP contribution in [0.1, 0.15) is 252 Å². The molecule has 0 bridgehead atoms. The maximum absolute atomic E-state index is 13.8. The summed E-state index contributed by atoms with van der Waals surface area (Å²) in [6.07, 6.45) is 31.1. The molecule has 0 aliphatic heterocycles. The van der Waals surface area contributed by atoms with Crippen molar-refractivity contribution in [1.82, 2.24) is 0 Å². The van der Waals surface area contributed by atoms with Crippen LogP contribution in [0, 0.1) is 53.5 Å². The van der Waals surface area contributed by atoms with Crippen molar-refractivity contribution in [1.29, 1.82) is 0 Å². The zero-order valence-electron chi connectivity index (χ0n) is 48.0. The molecule has 0 heterocycles. The third-order valence-electron chi connectivity index (χ3n) is 15.2. The number of hydrogen-bond acceptors (Lipinski definition) is 0. The van der Waals surface area contributed by atoms with Crippen LogP contribution in [0.4, 0.5) is 74.6 Å². The van der Waals surface area contributed by atoms with E-state index in [2.05, 4.69) is 27.7 Å². The van der Waals surface area contributed by atoms with Crippen molar-refractivity contribution >= 4 is 13.1 Å². The van der Waals surface area contributed by atoms with Gasteiger partial charge in [-0.05, 0) is 25.3 Å². The van der Waals surface area contributed by atoms with Crippen molar-refractivity contribution in [2.24, 2.45) is 0 Å². The second kappa shape index (κ2) is 40.0. The highest BCUT2D eigenvalue weighted by Crippen LogP contribution is 2.47. The van der Waals surface area contributed by atoms with E-state index in [1.165, 1.54) is 128 Å². The first-order valence-corrected chi connectivity index (χ1v) is 32.9. The average molecular weight is 1170 g/mol. The normalized spacial score (nSPS) is 12.5. The third kappa shape index (κ3) is 25.9. The first-order valence-electron chi connectivity index (χ1n) is 29.6. The van der Waals surface area contributed by atoms with E-state index < -0.39 is 112 Å². The fourth-order valence-corrected chi connectivity index (χ4v) is 16.6. The zero-order chi connectivity index (χ0) is 59.6. The summed E-state index contributed by atoms with van der Waals surface area (Å²) in [7, 11) is 0. The predicted molar refractivity (Wildman–Crippen MR) is 285 cm³/mol. The fraction of sp³-hybridized carbons (Fsp3) is 0.797. The number of hydrogen-bond donors (Lipinski definition) is 1. The molecular weight excluding hydrogens is 1070 g/mol. The van der Waals surface area contributed by atoms with E-state index in [0.29, 0.717) is 26.2 Å². The molecule has 0 spiro atoms. The van der Waals surface area contributed by atoms with Crippen LogP contribution in [0.25, 0.3) is 11.1 Å². The van der Waals surface area contributed by atoms with Gasteiger partial charge in [0.05, 0.1) is 12.1 Å². The Balaban J connectivity index is 0.00000118. The van der Waals surface area contributed by atoms with E-state index >= 15 is 0 Å². The highest BCUT2D eigenvalue weighted by molar-refractivity contribution is 6.79. The number of alkyl halides is 9. The number of rotatable bonds is 40. The molecule has 0 atom stereocenters. The largest absolute Gasteiger partial charge is 0.458 e. The molecule has 0 saturated carbocycles. The van der Waals surface area contributed by atoms with Crippen molar-refractivity contribution in [2.75, 3.05) is 6.54 Å². The van der Waals surface area contributed by atoms with Crippen molar-refractivity contribution < 1.29 is 80.0 Å². The summed E-state index contributed by atoms with van der Waals surface area (Å²) in [5, 5.41) is 6.85. The van der Waals surface area contributed by atoms with E-state index in [1.54, 1.807) is 53.7 Å². The zero-order valence-corrected chi connectivity index (χ0v) is 49.2. The Morgan fingerprint density at radius 3 is 0.962 bits per heavy atom. The van der Waals surface area contributed by atoms with Gasteiger partial charge in [-0.2, -0.15) is 51.9 Å². The topological polar surface area (TPSA) is 16.6 Å². The van der Waals surface area contributed by atoms with Crippen molar-refractivity contribution in [3.63, 3.8) is 0 Å². The van der Waals surface area contributed by atoms with Crippen LogP contribution in [-0.2, 0) is 6.18 Å². The van der Waals surface area contributed by atoms with Gasteiger partial charge in [0.15, 0.2) is 40.7 Å². The minimum absolute atomic E-state index is 0.0243. The van der Waals surface area contributed by atoms with E-state index in [1.807, 2.05) is 6.92 Å². The SMILES string of the molecule is CCCCCCC(F)(F)C(F)(F)C(F)(F)[NH2+]CCCC.CCCCCCC[CH2][Al-]([CH2]CCCCCCC)([CH2]CCCCCCC)[CH2]CCCCCCC.Cc1c(F)c(F)c(F)c(C(F)(F)F)c1-c1c(F)c(F)c(F)c(F)c1F. The second-order valence-corrected chi connectivity index (χ2v) is 27.5. The van der Waals surface area contributed by atoms with Gasteiger partial charge < -0.3 is 0 Å². The Labute approximate surface area is 459 Å². The number of quaternary nitrogens is 1. The predicted octanol–water partition coefficient (Wildman–Crippen LogP) is 22.9. The fourth-order valence-electron chi connectivity index (χ4n) is 10.3. The van der Waals surface area contributed by atoms with Gasteiger partial charge in [-0.1, -0.05) is 221 Å². The molecule has 458 valence electrons. The van der Waals surface area contributed by atoms with E-state index in [4.69, 9.17) is 0 Å². The minimum Gasteiger partial charge on any atom is -0.280 e. The van der Waals surface area contributed by atoms with E-state index in [9.17, 15) is 74.6 Å². The molecule has 2 N–H and O–H groups in total. The highest BCUT2D eigenvalue weighted by Gasteiger charge is 2.74. The molecule has 0 aromatic heterocycles. The molecule has 0 aliphatic carbocycles. The smallest absolute Gasteiger partial charge is 0.280 e. The quantitative estimate of drug-likeness (QED) is 0.0171. The van der Waals surface area contributed by atoms with Gasteiger partial charge in [0.25, 0.3) is 0 Å². The van der Waals surface area contributed by atoms with Gasteiger partial charge >= 0.3 is 24.1 Å².